The van der Waals surface area contributed by atoms with Crippen molar-refractivity contribution in [3.05, 3.63) is 0 Å². The molecule has 0 aromatic heterocycles. The molecule has 112 valence electrons. The maximum Gasteiger partial charge on any atom is 0.319 e. The molecule has 0 aliphatic heterocycles. The third kappa shape index (κ3) is 8.99. The van der Waals surface area contributed by atoms with Crippen LogP contribution in [0.25, 0.3) is 0 Å². The largest absolute Gasteiger partial charge is 0.481 e. The Hall–Kier alpha value is -0.630. The molecule has 0 aliphatic carbocycles. The van der Waals surface area contributed by atoms with Crippen molar-refractivity contribution in [2.75, 3.05) is 0 Å². The van der Waals surface area contributed by atoms with Gasteiger partial charge in [0.05, 0.1) is 11.6 Å². The van der Waals surface area contributed by atoms with Gasteiger partial charge in [-0.15, -0.1) is 0 Å². The zero-order chi connectivity index (χ0) is 14.7. The predicted octanol–water partition coefficient (Wildman–Crippen LogP) is 4.78. The molecule has 2 atom stereocenters. The summed E-state index contributed by atoms with van der Waals surface area (Å²) in [6.07, 6.45) is 9.64. The molecule has 0 aliphatic rings. The van der Waals surface area contributed by atoms with E-state index in [1.54, 1.807) is 0 Å². The average molecular weight is 290 g/mol. The first-order valence-corrected chi connectivity index (χ1v) is 8.61. The SMILES string of the molecule is CCCCCCCCCCC(C(=O)O)C(C)P(=O)=O. The van der Waals surface area contributed by atoms with Gasteiger partial charge in [0, 0.05) is 0 Å². The quantitative estimate of drug-likeness (QED) is 0.415. The smallest absolute Gasteiger partial charge is 0.319 e. The molecule has 19 heavy (non-hydrogen) atoms. The molecule has 2 unspecified atom stereocenters. The molecule has 0 amide bonds. The first-order valence-electron chi connectivity index (χ1n) is 7.37. The van der Waals surface area contributed by atoms with Crippen molar-refractivity contribution in [1.82, 2.24) is 0 Å². The lowest BCUT2D eigenvalue weighted by Gasteiger charge is -2.13. The molecule has 0 radical (unpaired) electrons. The van der Waals surface area contributed by atoms with Crippen molar-refractivity contribution in [2.45, 2.75) is 77.3 Å². The second-order valence-electron chi connectivity index (χ2n) is 5.23. The highest BCUT2D eigenvalue weighted by Gasteiger charge is 2.27. The van der Waals surface area contributed by atoms with Crippen molar-refractivity contribution in [3.63, 3.8) is 0 Å². The Morgan fingerprint density at radius 3 is 1.89 bits per heavy atom. The Kier molecular flexibility index (Phi) is 10.8. The summed E-state index contributed by atoms with van der Waals surface area (Å²) in [5, 5.41) is 9.02. The molecule has 0 saturated heterocycles. The summed E-state index contributed by atoms with van der Waals surface area (Å²) in [6, 6.07) is 0. The van der Waals surface area contributed by atoms with Crippen LogP contribution in [0.5, 0.6) is 0 Å². The molecule has 0 rings (SSSR count). The fraction of sp³-hybridized carbons (Fsp3) is 0.929. The van der Waals surface area contributed by atoms with Gasteiger partial charge in [0.25, 0.3) is 0 Å². The number of unbranched alkanes of at least 4 members (excludes halogenated alkanes) is 7. The lowest BCUT2D eigenvalue weighted by molar-refractivity contribution is -0.141. The van der Waals surface area contributed by atoms with E-state index < -0.39 is 25.2 Å². The molecule has 0 bridgehead atoms. The Labute approximate surface area is 116 Å². The maximum absolute atomic E-state index is 11.0. The Morgan fingerprint density at radius 2 is 1.47 bits per heavy atom. The summed E-state index contributed by atoms with van der Waals surface area (Å²) in [4.78, 5) is 11.0. The van der Waals surface area contributed by atoms with Crippen LogP contribution < -0.4 is 0 Å². The second-order valence-corrected chi connectivity index (χ2v) is 6.62. The van der Waals surface area contributed by atoms with Gasteiger partial charge in [0.2, 0.25) is 0 Å². The number of hydrogen-bond donors (Lipinski definition) is 1. The minimum absolute atomic E-state index is 0.467. The van der Waals surface area contributed by atoms with Crippen LogP contribution in [-0.4, -0.2) is 16.7 Å². The summed E-state index contributed by atoms with van der Waals surface area (Å²) in [5.74, 6) is -1.74. The summed E-state index contributed by atoms with van der Waals surface area (Å²) in [5.41, 5.74) is -0.767. The number of rotatable bonds is 12. The predicted molar refractivity (Wildman–Crippen MR) is 76.1 cm³/mol. The van der Waals surface area contributed by atoms with Gasteiger partial charge in [-0.1, -0.05) is 58.3 Å². The zero-order valence-corrected chi connectivity index (χ0v) is 13.0. The van der Waals surface area contributed by atoms with Gasteiger partial charge in [0.1, 0.15) is 0 Å². The van der Waals surface area contributed by atoms with E-state index in [1.807, 2.05) is 0 Å². The van der Waals surface area contributed by atoms with Gasteiger partial charge in [-0.2, -0.15) is 0 Å². The van der Waals surface area contributed by atoms with Gasteiger partial charge in [-0.05, 0) is 13.3 Å². The van der Waals surface area contributed by atoms with Crippen LogP contribution in [0.15, 0.2) is 0 Å². The van der Waals surface area contributed by atoms with E-state index in [1.165, 1.54) is 39.0 Å². The molecule has 0 spiro atoms. The van der Waals surface area contributed by atoms with Crippen molar-refractivity contribution in [3.8, 4) is 0 Å². The zero-order valence-electron chi connectivity index (χ0n) is 12.1. The number of aliphatic carboxylic acids is 1. The molecule has 0 heterocycles. The van der Waals surface area contributed by atoms with Crippen LogP contribution in [0.4, 0.5) is 0 Å². The first kappa shape index (κ1) is 18.4. The van der Waals surface area contributed by atoms with Crippen LogP contribution in [0.1, 0.15) is 71.6 Å². The van der Waals surface area contributed by atoms with Crippen molar-refractivity contribution in [1.29, 1.82) is 0 Å². The van der Waals surface area contributed by atoms with E-state index in [0.717, 1.165) is 19.3 Å². The van der Waals surface area contributed by atoms with E-state index in [9.17, 15) is 13.9 Å². The van der Waals surface area contributed by atoms with Crippen LogP contribution in [-0.2, 0) is 13.9 Å². The maximum atomic E-state index is 11.0. The van der Waals surface area contributed by atoms with Gasteiger partial charge in [0.15, 0.2) is 0 Å². The number of carboxylic acids is 1. The Balaban J connectivity index is 3.74. The highest BCUT2D eigenvalue weighted by Crippen LogP contribution is 2.27. The van der Waals surface area contributed by atoms with E-state index in [0.29, 0.717) is 6.42 Å². The normalized spacial score (nSPS) is 14.0. The van der Waals surface area contributed by atoms with Gasteiger partial charge in [-0.3, -0.25) is 4.79 Å². The van der Waals surface area contributed by atoms with Crippen molar-refractivity contribution < 1.29 is 19.0 Å². The van der Waals surface area contributed by atoms with E-state index in [2.05, 4.69) is 6.92 Å². The molecule has 5 heteroatoms. The fourth-order valence-electron chi connectivity index (χ4n) is 2.22. The lowest BCUT2D eigenvalue weighted by Crippen LogP contribution is -2.22. The molecular weight excluding hydrogens is 263 g/mol. The number of hydrogen-bond acceptors (Lipinski definition) is 3. The number of carboxylic acid groups (broad SMARTS) is 1. The van der Waals surface area contributed by atoms with Gasteiger partial charge < -0.3 is 5.11 Å². The van der Waals surface area contributed by atoms with Crippen LogP contribution in [0.3, 0.4) is 0 Å². The molecule has 0 aromatic carbocycles. The molecule has 1 N–H and O–H groups in total. The third-order valence-corrected chi connectivity index (χ3v) is 4.63. The minimum atomic E-state index is -2.65. The monoisotopic (exact) mass is 290 g/mol. The van der Waals surface area contributed by atoms with E-state index in [-0.39, 0.29) is 0 Å². The molecular formula is C14H27O4P. The highest BCUT2D eigenvalue weighted by atomic mass is 31.1. The summed E-state index contributed by atoms with van der Waals surface area (Å²) < 4.78 is 21.7. The minimum Gasteiger partial charge on any atom is -0.481 e. The third-order valence-electron chi connectivity index (χ3n) is 3.60. The highest BCUT2D eigenvalue weighted by molar-refractivity contribution is 7.31. The summed E-state index contributed by atoms with van der Waals surface area (Å²) in [6.45, 7) is 3.67. The fourth-order valence-corrected chi connectivity index (χ4v) is 2.79. The molecule has 4 nitrogen and oxygen atoms in total. The van der Waals surface area contributed by atoms with Crippen LogP contribution in [0.2, 0.25) is 0 Å². The molecule has 0 aromatic rings. The van der Waals surface area contributed by atoms with E-state index in [4.69, 9.17) is 5.11 Å². The topological polar surface area (TPSA) is 71.4 Å². The Bertz CT molecular complexity index is 305. The second kappa shape index (κ2) is 11.2. The van der Waals surface area contributed by atoms with E-state index >= 15 is 0 Å². The lowest BCUT2D eigenvalue weighted by atomic mass is 9.97. The van der Waals surface area contributed by atoms with Crippen LogP contribution in [0, 0.1) is 5.92 Å². The average Bonchev–Trinajstić information content (AvgIpc) is 2.35. The van der Waals surface area contributed by atoms with Gasteiger partial charge >= 0.3 is 13.6 Å². The van der Waals surface area contributed by atoms with Crippen molar-refractivity contribution >= 4 is 13.6 Å². The van der Waals surface area contributed by atoms with Crippen LogP contribution >= 0.6 is 7.68 Å². The van der Waals surface area contributed by atoms with Gasteiger partial charge in [-0.25, -0.2) is 9.13 Å². The summed E-state index contributed by atoms with van der Waals surface area (Å²) >= 11 is 0. The first-order chi connectivity index (χ1) is 9.00. The standard InChI is InChI=1S/C14H27O4P/c1-3-4-5-6-7-8-9-10-11-13(14(15)16)12(2)19(17)18/h12-13H,3-11H2,1-2H3,(H,15,16). The molecule has 0 saturated carbocycles. The Morgan fingerprint density at radius 1 is 1.00 bits per heavy atom. The van der Waals surface area contributed by atoms with Crippen molar-refractivity contribution in [2.24, 2.45) is 5.92 Å². The number of carbonyl (C=O) groups is 1. The molecule has 0 fully saturated rings. The summed E-state index contributed by atoms with van der Waals surface area (Å²) in [7, 11) is -2.65.